The SMILES string of the molecule is CC(C)(CCN)C(=O)OCc1ccccc1.Cl. The van der Waals surface area contributed by atoms with Crippen LogP contribution in [0.1, 0.15) is 25.8 Å². The zero-order valence-electron chi connectivity index (χ0n) is 10.3. The van der Waals surface area contributed by atoms with Crippen LogP contribution in [-0.2, 0) is 16.1 Å². The predicted molar refractivity (Wildman–Crippen MR) is 70.9 cm³/mol. The molecule has 96 valence electrons. The highest BCUT2D eigenvalue weighted by Crippen LogP contribution is 2.21. The highest BCUT2D eigenvalue weighted by atomic mass is 35.5. The van der Waals surface area contributed by atoms with Crippen LogP contribution in [0.5, 0.6) is 0 Å². The van der Waals surface area contributed by atoms with Crippen LogP contribution in [0.25, 0.3) is 0 Å². The maximum atomic E-state index is 11.8. The van der Waals surface area contributed by atoms with Gasteiger partial charge in [0.25, 0.3) is 0 Å². The quantitative estimate of drug-likeness (QED) is 0.825. The van der Waals surface area contributed by atoms with Crippen LogP contribution in [0.4, 0.5) is 0 Å². The zero-order valence-corrected chi connectivity index (χ0v) is 11.1. The number of ether oxygens (including phenoxy) is 1. The Morgan fingerprint density at radius 1 is 1.29 bits per heavy atom. The van der Waals surface area contributed by atoms with E-state index < -0.39 is 5.41 Å². The molecule has 0 bridgehead atoms. The summed E-state index contributed by atoms with van der Waals surface area (Å²) >= 11 is 0. The lowest BCUT2D eigenvalue weighted by Gasteiger charge is -2.21. The lowest BCUT2D eigenvalue weighted by Crippen LogP contribution is -2.29. The van der Waals surface area contributed by atoms with Gasteiger partial charge in [0.2, 0.25) is 0 Å². The highest BCUT2D eigenvalue weighted by Gasteiger charge is 2.28. The van der Waals surface area contributed by atoms with E-state index in [1.807, 2.05) is 44.2 Å². The van der Waals surface area contributed by atoms with Gasteiger partial charge in [-0.05, 0) is 32.4 Å². The topological polar surface area (TPSA) is 52.3 Å². The van der Waals surface area contributed by atoms with Crippen molar-refractivity contribution in [1.29, 1.82) is 0 Å². The molecule has 4 heteroatoms. The summed E-state index contributed by atoms with van der Waals surface area (Å²) in [4.78, 5) is 11.8. The summed E-state index contributed by atoms with van der Waals surface area (Å²) in [6, 6.07) is 9.65. The van der Waals surface area contributed by atoms with Crippen molar-refractivity contribution in [2.45, 2.75) is 26.9 Å². The molecule has 1 rings (SSSR count). The van der Waals surface area contributed by atoms with E-state index in [2.05, 4.69) is 0 Å². The molecular formula is C13H20ClNO2. The zero-order chi connectivity index (χ0) is 12.0. The van der Waals surface area contributed by atoms with Gasteiger partial charge < -0.3 is 10.5 Å². The van der Waals surface area contributed by atoms with Gasteiger partial charge in [0.1, 0.15) is 6.61 Å². The fourth-order valence-corrected chi connectivity index (χ4v) is 1.38. The molecule has 0 aliphatic rings. The van der Waals surface area contributed by atoms with Crippen LogP contribution in [0, 0.1) is 5.41 Å². The Bertz CT molecular complexity index is 339. The van der Waals surface area contributed by atoms with Crippen LogP contribution >= 0.6 is 12.4 Å². The molecule has 2 N–H and O–H groups in total. The Hall–Kier alpha value is -1.06. The van der Waals surface area contributed by atoms with Gasteiger partial charge in [-0.2, -0.15) is 0 Å². The van der Waals surface area contributed by atoms with Gasteiger partial charge in [0.15, 0.2) is 0 Å². The first kappa shape index (κ1) is 15.9. The molecule has 0 aromatic heterocycles. The maximum Gasteiger partial charge on any atom is 0.311 e. The summed E-state index contributed by atoms with van der Waals surface area (Å²) in [5.74, 6) is -0.193. The number of esters is 1. The van der Waals surface area contributed by atoms with Crippen LogP contribution in [0.2, 0.25) is 0 Å². The Kier molecular flexibility index (Phi) is 6.85. The van der Waals surface area contributed by atoms with E-state index in [0.717, 1.165) is 5.56 Å². The van der Waals surface area contributed by atoms with E-state index in [1.165, 1.54) is 0 Å². The van der Waals surface area contributed by atoms with Gasteiger partial charge in [0, 0.05) is 0 Å². The Morgan fingerprint density at radius 3 is 2.41 bits per heavy atom. The molecule has 0 saturated carbocycles. The molecule has 0 amide bonds. The molecule has 1 aromatic rings. The predicted octanol–water partition coefficient (Wildman–Crippen LogP) is 2.53. The summed E-state index contributed by atoms with van der Waals surface area (Å²) in [6.07, 6.45) is 0.640. The van der Waals surface area contributed by atoms with E-state index in [-0.39, 0.29) is 18.4 Å². The van der Waals surface area contributed by atoms with Gasteiger partial charge in [-0.1, -0.05) is 30.3 Å². The second-order valence-corrected chi connectivity index (χ2v) is 4.48. The first-order valence-electron chi connectivity index (χ1n) is 5.47. The van der Waals surface area contributed by atoms with Gasteiger partial charge in [-0.25, -0.2) is 0 Å². The molecule has 1 aromatic carbocycles. The summed E-state index contributed by atoms with van der Waals surface area (Å²) in [7, 11) is 0. The lowest BCUT2D eigenvalue weighted by atomic mass is 9.90. The van der Waals surface area contributed by atoms with Crippen molar-refractivity contribution in [3.63, 3.8) is 0 Å². The largest absolute Gasteiger partial charge is 0.460 e. The number of carbonyl (C=O) groups is 1. The summed E-state index contributed by atoms with van der Waals surface area (Å²) in [6.45, 7) is 4.53. The van der Waals surface area contributed by atoms with Crippen molar-refractivity contribution in [1.82, 2.24) is 0 Å². The first-order valence-corrected chi connectivity index (χ1v) is 5.47. The third-order valence-electron chi connectivity index (χ3n) is 2.53. The fraction of sp³-hybridized carbons (Fsp3) is 0.462. The van der Waals surface area contributed by atoms with E-state index in [1.54, 1.807) is 0 Å². The summed E-state index contributed by atoms with van der Waals surface area (Å²) < 4.78 is 5.25. The number of hydrogen-bond donors (Lipinski definition) is 1. The molecule has 3 nitrogen and oxygen atoms in total. The van der Waals surface area contributed by atoms with Crippen molar-refractivity contribution in [3.8, 4) is 0 Å². The number of carbonyl (C=O) groups excluding carboxylic acids is 1. The Labute approximate surface area is 109 Å². The molecule has 0 saturated heterocycles. The number of rotatable bonds is 5. The molecule has 0 fully saturated rings. The van der Waals surface area contributed by atoms with Crippen molar-refractivity contribution in [2.75, 3.05) is 6.54 Å². The molecule has 0 spiro atoms. The van der Waals surface area contributed by atoms with Crippen LogP contribution in [0.3, 0.4) is 0 Å². The minimum atomic E-state index is -0.496. The molecule has 17 heavy (non-hydrogen) atoms. The summed E-state index contributed by atoms with van der Waals surface area (Å²) in [5.41, 5.74) is 5.95. The van der Waals surface area contributed by atoms with Gasteiger partial charge in [-0.15, -0.1) is 12.4 Å². The second-order valence-electron chi connectivity index (χ2n) is 4.48. The average Bonchev–Trinajstić information content (AvgIpc) is 2.27. The van der Waals surface area contributed by atoms with Crippen LogP contribution in [0.15, 0.2) is 30.3 Å². The number of halogens is 1. The van der Waals surface area contributed by atoms with Gasteiger partial charge in [-0.3, -0.25) is 4.79 Å². The Balaban J connectivity index is 0.00000256. The fourth-order valence-electron chi connectivity index (χ4n) is 1.38. The summed E-state index contributed by atoms with van der Waals surface area (Å²) in [5, 5.41) is 0. The number of benzene rings is 1. The maximum absolute atomic E-state index is 11.8. The first-order chi connectivity index (χ1) is 7.56. The lowest BCUT2D eigenvalue weighted by molar-refractivity contribution is -0.155. The molecule has 0 unspecified atom stereocenters. The monoisotopic (exact) mass is 257 g/mol. The van der Waals surface area contributed by atoms with Crippen LogP contribution in [-0.4, -0.2) is 12.5 Å². The second kappa shape index (κ2) is 7.30. The van der Waals surface area contributed by atoms with Crippen molar-refractivity contribution in [2.24, 2.45) is 11.1 Å². The third kappa shape index (κ3) is 5.20. The minimum Gasteiger partial charge on any atom is -0.460 e. The molecule has 0 heterocycles. The molecule has 0 radical (unpaired) electrons. The van der Waals surface area contributed by atoms with E-state index in [9.17, 15) is 4.79 Å². The highest BCUT2D eigenvalue weighted by molar-refractivity contribution is 5.85. The van der Waals surface area contributed by atoms with Crippen molar-refractivity contribution >= 4 is 18.4 Å². The van der Waals surface area contributed by atoms with Crippen molar-refractivity contribution in [3.05, 3.63) is 35.9 Å². The average molecular weight is 258 g/mol. The third-order valence-corrected chi connectivity index (χ3v) is 2.53. The molecule has 0 atom stereocenters. The minimum absolute atomic E-state index is 0. The standard InChI is InChI=1S/C13H19NO2.ClH/c1-13(2,8-9-14)12(15)16-10-11-6-4-3-5-7-11;/h3-7H,8-10,14H2,1-2H3;1H. The normalized spacial score (nSPS) is 10.5. The molecular weight excluding hydrogens is 238 g/mol. The van der Waals surface area contributed by atoms with Gasteiger partial charge >= 0.3 is 5.97 Å². The van der Waals surface area contributed by atoms with Crippen molar-refractivity contribution < 1.29 is 9.53 Å². The number of nitrogens with two attached hydrogens (primary N) is 1. The van der Waals surface area contributed by atoms with Crippen LogP contribution < -0.4 is 5.73 Å². The molecule has 0 aliphatic heterocycles. The molecule has 0 aliphatic carbocycles. The smallest absolute Gasteiger partial charge is 0.311 e. The van der Waals surface area contributed by atoms with E-state index in [0.29, 0.717) is 19.6 Å². The van der Waals surface area contributed by atoms with E-state index >= 15 is 0 Å². The van der Waals surface area contributed by atoms with E-state index in [4.69, 9.17) is 10.5 Å². The Morgan fingerprint density at radius 2 is 1.88 bits per heavy atom. The van der Waals surface area contributed by atoms with Gasteiger partial charge in [0.05, 0.1) is 5.41 Å². The number of hydrogen-bond acceptors (Lipinski definition) is 3.